The Morgan fingerprint density at radius 2 is 1.79 bits per heavy atom. The van der Waals surface area contributed by atoms with Crippen LogP contribution in [0.4, 0.5) is 16.4 Å². The van der Waals surface area contributed by atoms with Crippen molar-refractivity contribution in [2.45, 2.75) is 76.1 Å². The number of nitrogen functional groups attached to an aromatic ring is 1. The number of piperazine rings is 1. The topological polar surface area (TPSA) is 356 Å². The number of primary amides is 1. The summed E-state index contributed by atoms with van der Waals surface area (Å²) < 4.78 is 11.2. The highest BCUT2D eigenvalue weighted by molar-refractivity contribution is 8.76. The molecular weight excluding hydrogens is 909 g/mol. The number of nitrogens with zero attached hydrogens (tertiary/aromatic N) is 4. The summed E-state index contributed by atoms with van der Waals surface area (Å²) in [6.45, 7) is 6.07. The van der Waals surface area contributed by atoms with Crippen molar-refractivity contribution in [2.75, 3.05) is 55.9 Å². The Labute approximate surface area is 392 Å². The van der Waals surface area contributed by atoms with Gasteiger partial charge in [0, 0.05) is 85.2 Å². The number of benzene rings is 1. The number of aromatic nitrogens is 4. The molecule has 2 aromatic heterocycles. The molecule has 3 aromatic rings. The van der Waals surface area contributed by atoms with E-state index < -0.39 is 35.2 Å². The number of nitrogens with one attached hydrogen (secondary N) is 7. The lowest BCUT2D eigenvalue weighted by molar-refractivity contribution is -0.137. The molecule has 13 N–H and O–H groups in total. The summed E-state index contributed by atoms with van der Waals surface area (Å²) in [5, 5.41) is 18.1. The van der Waals surface area contributed by atoms with Crippen molar-refractivity contribution in [3.63, 3.8) is 0 Å². The van der Waals surface area contributed by atoms with E-state index in [0.29, 0.717) is 53.5 Å². The monoisotopic (exact) mass is 962 g/mol. The highest BCUT2D eigenvalue weighted by Gasteiger charge is 2.72. The maximum Gasteiger partial charge on any atom is 0.404 e. The van der Waals surface area contributed by atoms with E-state index in [1.54, 1.807) is 38.1 Å². The maximum atomic E-state index is 14.0. The number of carbonyl (C=O) groups is 6. The number of ether oxygens (including phenoxy) is 2. The van der Waals surface area contributed by atoms with Gasteiger partial charge in [0.1, 0.15) is 12.6 Å². The number of H-pyrrole nitrogens is 1. The molecule has 0 spiro atoms. The average molecular weight is 963 g/mol. The van der Waals surface area contributed by atoms with Gasteiger partial charge in [0.15, 0.2) is 16.9 Å². The minimum absolute atomic E-state index is 0.0443. The van der Waals surface area contributed by atoms with E-state index in [1.165, 1.54) is 34.9 Å². The molecule has 7 rings (SSSR count). The van der Waals surface area contributed by atoms with Crippen LogP contribution in [0.25, 0.3) is 11.2 Å². The second kappa shape index (κ2) is 20.7. The van der Waals surface area contributed by atoms with E-state index in [1.807, 2.05) is 11.8 Å². The van der Waals surface area contributed by atoms with Gasteiger partial charge in [0.25, 0.3) is 11.5 Å². The van der Waals surface area contributed by atoms with Crippen LogP contribution in [0.15, 0.2) is 57.8 Å². The number of aromatic amines is 1. The Morgan fingerprint density at radius 3 is 2.52 bits per heavy atom. The van der Waals surface area contributed by atoms with Crippen LogP contribution in [0.1, 0.15) is 49.7 Å². The molecule has 2 unspecified atom stereocenters. The first-order chi connectivity index (χ1) is 32.0. The Kier molecular flexibility index (Phi) is 15.0. The molecule has 0 bridgehead atoms. The minimum atomic E-state index is -1.05. The largest absolute Gasteiger partial charge is 0.449 e. The lowest BCUT2D eigenvalue weighted by Crippen LogP contribution is -2.55. The molecule has 23 nitrogen and oxygen atoms in total. The van der Waals surface area contributed by atoms with E-state index >= 15 is 0 Å². The van der Waals surface area contributed by atoms with Crippen molar-refractivity contribution in [1.82, 2.24) is 51.4 Å². The molecule has 7 atom stereocenters. The van der Waals surface area contributed by atoms with E-state index in [0.717, 1.165) is 0 Å². The third-order valence-corrected chi connectivity index (χ3v) is 14.4. The number of fused-ring (bicyclic) bond motifs is 5. The van der Waals surface area contributed by atoms with Crippen LogP contribution >= 0.6 is 21.6 Å². The summed E-state index contributed by atoms with van der Waals surface area (Å²) in [6, 6.07) is 5.17. The van der Waals surface area contributed by atoms with Gasteiger partial charge in [-0.25, -0.2) is 14.8 Å². The van der Waals surface area contributed by atoms with Crippen molar-refractivity contribution in [3.8, 4) is 0 Å². The zero-order valence-corrected chi connectivity index (χ0v) is 38.9. The molecule has 2 fully saturated rings. The molecule has 0 saturated carbocycles. The Bertz CT molecular complexity index is 2580. The predicted octanol–water partition coefficient (Wildman–Crippen LogP) is -0.871. The third-order valence-electron chi connectivity index (χ3n) is 11.8. The van der Waals surface area contributed by atoms with E-state index in [2.05, 4.69) is 51.8 Å². The number of Topliss-reactive ketones (excluding diaryl/α,β-unsaturated/α-hetero) is 2. The Hall–Kier alpha value is -6.28. The van der Waals surface area contributed by atoms with Gasteiger partial charge >= 0.3 is 6.09 Å². The molecule has 3 aliphatic heterocycles. The van der Waals surface area contributed by atoms with Gasteiger partial charge in [-0.2, -0.15) is 4.98 Å². The van der Waals surface area contributed by atoms with Crippen LogP contribution in [-0.2, 0) is 35.2 Å². The van der Waals surface area contributed by atoms with E-state index in [4.69, 9.17) is 26.7 Å². The molecule has 0 radical (unpaired) electrons. The molecule has 4 amide bonds. The van der Waals surface area contributed by atoms with Crippen molar-refractivity contribution < 1.29 is 38.2 Å². The summed E-state index contributed by atoms with van der Waals surface area (Å²) >= 11 is 0. The van der Waals surface area contributed by atoms with E-state index in [-0.39, 0.29) is 108 Å². The average Bonchev–Trinajstić information content (AvgIpc) is 3.91. The number of methoxy groups -OCH3 is 1. The number of anilines is 2. The Morgan fingerprint density at radius 1 is 1.03 bits per heavy atom. The molecule has 1 aliphatic carbocycles. The molecule has 67 heavy (non-hydrogen) atoms. The van der Waals surface area contributed by atoms with Crippen LogP contribution in [-0.4, -0.2) is 141 Å². The number of ketones is 2. The lowest BCUT2D eigenvalue weighted by Gasteiger charge is -2.39. The quantitative estimate of drug-likeness (QED) is 0.0253. The van der Waals surface area contributed by atoms with Gasteiger partial charge in [-0.15, -0.1) is 0 Å². The van der Waals surface area contributed by atoms with Gasteiger partial charge in [0.2, 0.25) is 29.3 Å². The lowest BCUT2D eigenvalue weighted by atomic mass is 9.82. The molecule has 25 heteroatoms. The van der Waals surface area contributed by atoms with Gasteiger partial charge in [-0.05, 0) is 51.5 Å². The molecule has 5 heterocycles. The molecule has 4 aliphatic rings. The van der Waals surface area contributed by atoms with Crippen LogP contribution in [0.5, 0.6) is 0 Å². The maximum absolute atomic E-state index is 14.0. The molecule has 358 valence electrons. The van der Waals surface area contributed by atoms with Gasteiger partial charge in [-0.1, -0.05) is 21.6 Å². The normalized spacial score (nSPS) is 21.8. The summed E-state index contributed by atoms with van der Waals surface area (Å²) in [6.07, 6.45) is 0.955. The van der Waals surface area contributed by atoms with Gasteiger partial charge in [0.05, 0.1) is 41.8 Å². The SMILES string of the molecule is CO[C@]12C3NC3CN1C1=C(C(=O)C(NCCSSC[C@@H](C)NC(=O)[C@@H](N)CNC(=O)CC[C@H](C)NC(=O)c3ccc(NCc4cnc5nc(N)[nH]c(=O)c5n4)cc3)=C(C)C1=O)[C@H]2COC(N)=O. The molecule has 1 aromatic carbocycles. The summed E-state index contributed by atoms with van der Waals surface area (Å²) in [4.78, 5) is 106. The zero-order valence-electron chi connectivity index (χ0n) is 37.2. The smallest absolute Gasteiger partial charge is 0.404 e. The van der Waals surface area contributed by atoms with Crippen LogP contribution in [0.2, 0.25) is 0 Å². The number of hydrogen-bond donors (Lipinski definition) is 10. The highest BCUT2D eigenvalue weighted by Crippen LogP contribution is 2.55. The minimum Gasteiger partial charge on any atom is -0.449 e. The first-order valence-corrected chi connectivity index (χ1v) is 24.0. The van der Waals surface area contributed by atoms with Crippen LogP contribution < -0.4 is 54.7 Å². The molecule has 2 saturated heterocycles. The third kappa shape index (κ3) is 10.6. The number of nitrogens with two attached hydrogens (primary N) is 3. The van der Waals surface area contributed by atoms with Gasteiger partial charge in [-0.3, -0.25) is 33.8 Å². The number of amides is 4. The second-order valence-electron chi connectivity index (χ2n) is 16.6. The fourth-order valence-electron chi connectivity index (χ4n) is 8.44. The summed E-state index contributed by atoms with van der Waals surface area (Å²) in [7, 11) is 4.55. The zero-order chi connectivity index (χ0) is 48.2. The number of carbonyl (C=O) groups excluding carboxylic acids is 6. The fraction of sp³-hybridized carbons (Fsp3) is 0.476. The van der Waals surface area contributed by atoms with Crippen LogP contribution in [0.3, 0.4) is 0 Å². The highest BCUT2D eigenvalue weighted by atomic mass is 33.1. The van der Waals surface area contributed by atoms with Crippen molar-refractivity contribution >= 4 is 79.8 Å². The Balaban J connectivity index is 0.756. The predicted molar refractivity (Wildman–Crippen MR) is 250 cm³/mol. The van der Waals surface area contributed by atoms with Gasteiger partial charge < -0.3 is 63.5 Å². The van der Waals surface area contributed by atoms with Crippen molar-refractivity contribution in [1.29, 1.82) is 0 Å². The molecular formula is C42H54N14O9S2. The standard InChI is InChI=1S/C42H54N14O9S2/c1-19(50-37(60)22-6-8-23(9-7-22)47-13-24-14-49-36-31(52-24)39(62)55-40(44)54-36)5-10-28(57)48-15-26(43)38(61)51-20(2)18-67-66-12-11-46-30-21(3)33(58)32-29(34(30)59)25(17-65-41(45)63)42(64-4)35-27(53-35)16-56(32)42/h6-9,14,19-20,25-27,35,46-47,53H,5,10-13,15-18,43H2,1-4H3,(H2,45,63)(H,48,57)(H,50,60)(H,51,61)(H3,44,49,54,55,62)/t19-,20+,25+,26-,27?,35?,42+/m0/s1. The van der Waals surface area contributed by atoms with Crippen LogP contribution in [0, 0.1) is 5.92 Å². The number of rotatable bonds is 22. The first kappa shape index (κ1) is 48.6. The first-order valence-electron chi connectivity index (χ1n) is 21.5. The van der Waals surface area contributed by atoms with Crippen molar-refractivity contribution in [3.05, 3.63) is 74.6 Å². The van der Waals surface area contributed by atoms with E-state index in [9.17, 15) is 33.6 Å². The summed E-state index contributed by atoms with van der Waals surface area (Å²) in [5.41, 5.74) is 18.3. The van der Waals surface area contributed by atoms with Crippen molar-refractivity contribution in [2.24, 2.45) is 17.4 Å². The number of allylic oxidation sites excluding steroid dienone is 2. The summed E-state index contributed by atoms with van der Waals surface area (Å²) in [5.74, 6) is -1.33. The number of hydrogen-bond acceptors (Lipinski definition) is 20. The fourth-order valence-corrected chi connectivity index (χ4v) is 10.6. The second-order valence-corrected chi connectivity index (χ2v) is 19.2.